The third-order valence-corrected chi connectivity index (χ3v) is 3.91. The molecule has 0 aliphatic heterocycles. The molecule has 0 saturated carbocycles. The van der Waals surface area contributed by atoms with Gasteiger partial charge in [0, 0.05) is 11.3 Å². The molecule has 2 aromatic heterocycles. The average molecular weight is 308 g/mol. The smallest absolute Gasteiger partial charge is 0.250 e. The van der Waals surface area contributed by atoms with Crippen molar-refractivity contribution in [1.29, 1.82) is 0 Å². The van der Waals surface area contributed by atoms with Crippen LogP contribution in [0.25, 0.3) is 16.7 Å². The van der Waals surface area contributed by atoms with E-state index in [1.165, 1.54) is 0 Å². The Morgan fingerprint density at radius 2 is 1.87 bits per heavy atom. The number of amides is 1. The number of aryl methyl sites for hydroxylation is 1. The number of nitrogens with one attached hydrogen (secondary N) is 1. The van der Waals surface area contributed by atoms with E-state index in [2.05, 4.69) is 11.9 Å². The van der Waals surface area contributed by atoms with Gasteiger partial charge < -0.3 is 10.4 Å². The molecule has 0 aliphatic rings. The van der Waals surface area contributed by atoms with Gasteiger partial charge >= 0.3 is 0 Å². The number of phenolic OH excluding ortho intramolecular Hbond substituents is 1. The number of nitrogens with zero attached hydrogens (tertiary/aromatic N) is 3. The first-order valence-electron chi connectivity index (χ1n) is 7.28. The number of aromatic nitrogens is 3. The molecule has 6 heteroatoms. The number of rotatable bonds is 3. The molecule has 0 spiro atoms. The van der Waals surface area contributed by atoms with Gasteiger partial charge in [-0.1, -0.05) is 12.6 Å². The number of carbonyl (C=O) groups excluding carboxylic acids is 1. The van der Waals surface area contributed by atoms with Crippen LogP contribution >= 0.6 is 0 Å². The van der Waals surface area contributed by atoms with Crippen LogP contribution < -0.4 is 5.32 Å². The van der Waals surface area contributed by atoms with E-state index >= 15 is 0 Å². The highest BCUT2D eigenvalue weighted by molar-refractivity contribution is 6.03. The maximum Gasteiger partial charge on any atom is 0.250 e. The van der Waals surface area contributed by atoms with Crippen molar-refractivity contribution in [1.82, 2.24) is 14.1 Å². The van der Waals surface area contributed by atoms with Crippen molar-refractivity contribution in [3.63, 3.8) is 0 Å². The molecule has 0 atom stereocenters. The van der Waals surface area contributed by atoms with E-state index in [1.807, 2.05) is 51.3 Å². The van der Waals surface area contributed by atoms with E-state index in [9.17, 15) is 9.90 Å². The number of carbonyl (C=O) groups is 1. The van der Waals surface area contributed by atoms with Gasteiger partial charge in [0.1, 0.15) is 22.5 Å². The lowest BCUT2D eigenvalue weighted by atomic mass is 10.2. The van der Waals surface area contributed by atoms with Crippen LogP contribution in [0.4, 0.5) is 5.69 Å². The minimum atomic E-state index is -0.194. The number of anilines is 1. The van der Waals surface area contributed by atoms with Gasteiger partial charge in [0.05, 0.1) is 0 Å². The van der Waals surface area contributed by atoms with Crippen LogP contribution in [-0.4, -0.2) is 25.1 Å². The Morgan fingerprint density at radius 1 is 1.13 bits per heavy atom. The molecule has 0 unspecified atom stereocenters. The Balaban J connectivity index is 1.75. The number of hydrogen-bond donors (Lipinski definition) is 2. The molecule has 2 N–H and O–H groups in total. The molecule has 2 aromatic carbocycles. The fourth-order valence-corrected chi connectivity index (χ4v) is 2.66. The second kappa shape index (κ2) is 4.42. The van der Waals surface area contributed by atoms with Crippen LogP contribution in [0, 0.1) is 6.92 Å². The van der Waals surface area contributed by atoms with Crippen LogP contribution in [0.1, 0.15) is 12.5 Å². The van der Waals surface area contributed by atoms with E-state index in [0.29, 0.717) is 5.57 Å². The lowest BCUT2D eigenvalue weighted by Gasteiger charge is -2.05. The molecule has 2 heterocycles. The molecule has 1 amide bonds. The summed E-state index contributed by atoms with van der Waals surface area (Å²) < 4.78 is 3.88. The predicted molar refractivity (Wildman–Crippen MR) is 88.7 cm³/mol. The number of fused-ring (bicyclic) bond motifs is 4. The monoisotopic (exact) mass is 308 g/mol. The van der Waals surface area contributed by atoms with E-state index in [4.69, 9.17) is 0 Å². The molecule has 6 nitrogen and oxygen atoms in total. The van der Waals surface area contributed by atoms with Crippen LogP contribution in [-0.2, 0) is 4.79 Å². The SMILES string of the molecule is C=C(C)C(=O)Nc1ccc2c(c1)n1n(-c3cc(C)ccc3O)n21. The Bertz CT molecular complexity index is 1060. The third kappa shape index (κ3) is 1.92. The summed E-state index contributed by atoms with van der Waals surface area (Å²) in [5.74, 6) is 0.0341. The van der Waals surface area contributed by atoms with Gasteiger partial charge in [-0.3, -0.25) is 4.79 Å². The van der Waals surface area contributed by atoms with Gasteiger partial charge in [-0.05, 0) is 49.7 Å². The highest BCUT2D eigenvalue weighted by Crippen LogP contribution is 2.32. The fraction of sp³-hybridized carbons (Fsp3) is 0.118. The minimum absolute atomic E-state index is 0.194. The highest BCUT2D eigenvalue weighted by atomic mass is 16.3. The van der Waals surface area contributed by atoms with Gasteiger partial charge in [-0.2, -0.15) is 0 Å². The first-order valence-corrected chi connectivity index (χ1v) is 7.28. The second-order valence-corrected chi connectivity index (χ2v) is 5.80. The number of hydrogen-bond acceptors (Lipinski definition) is 2. The van der Waals surface area contributed by atoms with Gasteiger partial charge in [0.15, 0.2) is 0 Å². The van der Waals surface area contributed by atoms with Gasteiger partial charge in [-0.15, -0.1) is 14.1 Å². The number of aromatic hydroxyl groups is 1. The third-order valence-electron chi connectivity index (χ3n) is 3.91. The first kappa shape index (κ1) is 13.5. The Morgan fingerprint density at radius 3 is 2.61 bits per heavy atom. The van der Waals surface area contributed by atoms with Gasteiger partial charge in [-0.25, -0.2) is 0 Å². The van der Waals surface area contributed by atoms with Crippen molar-refractivity contribution in [2.45, 2.75) is 13.8 Å². The predicted octanol–water partition coefficient (Wildman–Crippen LogP) is 2.95. The maximum atomic E-state index is 11.7. The van der Waals surface area contributed by atoms with Crippen molar-refractivity contribution in [3.05, 3.63) is 54.1 Å². The molecule has 0 radical (unpaired) electrons. The zero-order valence-electron chi connectivity index (χ0n) is 12.9. The van der Waals surface area contributed by atoms with E-state index in [0.717, 1.165) is 28.0 Å². The Hall–Kier alpha value is -3.15. The summed E-state index contributed by atoms with van der Waals surface area (Å²) in [5.41, 5.74) is 4.99. The van der Waals surface area contributed by atoms with E-state index < -0.39 is 0 Å². The molecule has 0 bridgehead atoms. The number of phenols is 1. The summed E-state index contributed by atoms with van der Waals surface area (Å²) in [5, 5.41) is 12.9. The normalized spacial score (nSPS) is 11.6. The first-order chi connectivity index (χ1) is 11.0. The molecular weight excluding hydrogens is 292 g/mol. The van der Waals surface area contributed by atoms with Gasteiger partial charge in [0.25, 0.3) is 5.91 Å². The topological polar surface area (TPSA) is 63.1 Å². The van der Waals surface area contributed by atoms with Crippen molar-refractivity contribution in [2.75, 3.05) is 5.32 Å². The molecule has 23 heavy (non-hydrogen) atoms. The molecule has 4 aromatic rings. The average Bonchev–Trinajstić information content (AvgIpc) is 3.16. The summed E-state index contributed by atoms with van der Waals surface area (Å²) >= 11 is 0. The summed E-state index contributed by atoms with van der Waals surface area (Å²) in [6, 6.07) is 11.2. The lowest BCUT2D eigenvalue weighted by Crippen LogP contribution is -2.11. The standard InChI is InChI=1S/C17H16N4O2/c1-10(2)17(23)18-12-5-6-13-14(9-12)20-19(13)21(20)15-8-11(3)4-7-16(15)22/h4-9,22H,1H2,2-3H3,(H,18,23). The van der Waals surface area contributed by atoms with Crippen molar-refractivity contribution >= 4 is 22.6 Å². The Kier molecular flexibility index (Phi) is 2.60. The maximum absolute atomic E-state index is 11.7. The molecule has 0 saturated heterocycles. The quantitative estimate of drug-likeness (QED) is 0.572. The van der Waals surface area contributed by atoms with Crippen LogP contribution in [0.5, 0.6) is 5.75 Å². The molecular formula is C17H16N4O2. The summed E-state index contributed by atoms with van der Waals surface area (Å²) in [7, 11) is 0. The Labute approximate surface area is 132 Å². The lowest BCUT2D eigenvalue weighted by molar-refractivity contribution is -0.112. The van der Waals surface area contributed by atoms with E-state index in [-0.39, 0.29) is 11.7 Å². The van der Waals surface area contributed by atoms with Crippen molar-refractivity contribution in [3.8, 4) is 11.4 Å². The van der Waals surface area contributed by atoms with Crippen LogP contribution in [0.3, 0.4) is 0 Å². The largest absolute Gasteiger partial charge is 0.506 e. The second-order valence-electron chi connectivity index (χ2n) is 5.80. The zero-order valence-corrected chi connectivity index (χ0v) is 12.9. The molecule has 116 valence electrons. The zero-order chi connectivity index (χ0) is 16.3. The molecule has 0 fully saturated rings. The molecule has 0 aliphatic carbocycles. The van der Waals surface area contributed by atoms with Crippen LogP contribution in [0.2, 0.25) is 0 Å². The summed E-state index contributed by atoms with van der Waals surface area (Å²) in [6.07, 6.45) is 0. The highest BCUT2D eigenvalue weighted by Gasteiger charge is 2.25. The van der Waals surface area contributed by atoms with E-state index in [1.54, 1.807) is 13.0 Å². The van der Waals surface area contributed by atoms with Crippen LogP contribution in [0.15, 0.2) is 48.6 Å². The summed E-state index contributed by atoms with van der Waals surface area (Å²) in [4.78, 5) is 13.6. The van der Waals surface area contributed by atoms with Crippen molar-refractivity contribution in [2.24, 2.45) is 0 Å². The van der Waals surface area contributed by atoms with Crippen molar-refractivity contribution < 1.29 is 9.90 Å². The fourth-order valence-electron chi connectivity index (χ4n) is 2.66. The summed E-state index contributed by atoms with van der Waals surface area (Å²) in [6.45, 7) is 7.29. The molecule has 4 rings (SSSR count). The number of benzene rings is 2. The van der Waals surface area contributed by atoms with Gasteiger partial charge in [0.2, 0.25) is 0 Å². The minimum Gasteiger partial charge on any atom is -0.506 e.